The number of aryl methyl sites for hydroxylation is 1. The molecule has 31 heavy (non-hydrogen) atoms. The van der Waals surface area contributed by atoms with Crippen LogP contribution < -0.4 is 10.6 Å². The number of aromatic hydroxyl groups is 1. The molecule has 4 amide bonds. The van der Waals surface area contributed by atoms with Crippen molar-refractivity contribution in [3.63, 3.8) is 0 Å². The minimum atomic E-state index is -0.820. The topological polar surface area (TPSA) is 142 Å². The lowest BCUT2D eigenvalue weighted by atomic mass is 10.1. The molecule has 0 saturated carbocycles. The molecule has 0 bridgehead atoms. The average Bonchev–Trinajstić information content (AvgIpc) is 2.98. The number of urea groups is 1. The summed E-state index contributed by atoms with van der Waals surface area (Å²) in [5.41, 5.74) is 0.894. The van der Waals surface area contributed by atoms with Gasteiger partial charge in [0.25, 0.3) is 11.6 Å². The predicted molar refractivity (Wildman–Crippen MR) is 115 cm³/mol. The normalized spacial score (nSPS) is 14.6. The van der Waals surface area contributed by atoms with E-state index < -0.39 is 29.3 Å². The molecule has 3 N–H and O–H groups in total. The van der Waals surface area contributed by atoms with Gasteiger partial charge < -0.3 is 15.7 Å². The van der Waals surface area contributed by atoms with Gasteiger partial charge in [-0.1, -0.05) is 25.1 Å². The number of hydrogen-bond acceptors (Lipinski definition) is 6. The van der Waals surface area contributed by atoms with E-state index in [-0.39, 0.29) is 27.2 Å². The number of halogens is 1. The molecule has 0 spiro atoms. The Kier molecular flexibility index (Phi) is 6.35. The maximum absolute atomic E-state index is 12.6. The molecule has 2 aromatic rings. The van der Waals surface area contributed by atoms with Crippen molar-refractivity contribution in [3.8, 4) is 5.75 Å². The maximum Gasteiger partial charge on any atom is 0.329 e. The van der Waals surface area contributed by atoms with Crippen molar-refractivity contribution in [2.24, 2.45) is 0 Å². The summed E-state index contributed by atoms with van der Waals surface area (Å²) >= 11 is 3.01. The molecule has 3 rings (SSSR count). The fraction of sp³-hybridized carbons (Fsp3) is 0.150. The molecule has 11 heteroatoms. The smallest absolute Gasteiger partial charge is 0.329 e. The number of nitrogens with one attached hydrogen (secondary N) is 2. The highest BCUT2D eigenvalue weighted by Crippen LogP contribution is 2.34. The summed E-state index contributed by atoms with van der Waals surface area (Å²) in [6, 6.07) is 8.52. The fourth-order valence-electron chi connectivity index (χ4n) is 2.98. The van der Waals surface area contributed by atoms with Crippen molar-refractivity contribution in [3.05, 3.63) is 67.8 Å². The molecule has 0 radical (unpaired) electrons. The number of anilines is 1. The highest BCUT2D eigenvalue weighted by Gasteiger charge is 2.35. The van der Waals surface area contributed by atoms with Gasteiger partial charge in [0.15, 0.2) is 0 Å². The number of imide groups is 1. The first-order valence-corrected chi connectivity index (χ1v) is 9.89. The van der Waals surface area contributed by atoms with Crippen molar-refractivity contribution in [1.82, 2.24) is 10.2 Å². The number of carbonyl (C=O) groups excluding carboxylic acids is 3. The van der Waals surface area contributed by atoms with Crippen molar-refractivity contribution < 1.29 is 24.4 Å². The van der Waals surface area contributed by atoms with Crippen LogP contribution in [0, 0.1) is 10.1 Å². The molecule has 1 aliphatic heterocycles. The number of nitro groups is 1. The molecule has 2 aromatic carbocycles. The van der Waals surface area contributed by atoms with Gasteiger partial charge in [-0.2, -0.15) is 0 Å². The number of hydrogen-bond donors (Lipinski definition) is 3. The van der Waals surface area contributed by atoms with Gasteiger partial charge in [0.2, 0.25) is 5.91 Å². The van der Waals surface area contributed by atoms with Crippen LogP contribution in [0.15, 0.2) is 46.6 Å². The van der Waals surface area contributed by atoms with Crippen LogP contribution in [0.5, 0.6) is 5.75 Å². The van der Waals surface area contributed by atoms with Gasteiger partial charge in [0.05, 0.1) is 9.40 Å². The molecule has 1 aliphatic rings. The summed E-state index contributed by atoms with van der Waals surface area (Å²) in [4.78, 5) is 48.3. The van der Waals surface area contributed by atoms with Crippen molar-refractivity contribution in [2.45, 2.75) is 13.3 Å². The summed E-state index contributed by atoms with van der Waals surface area (Å²) in [7, 11) is 0. The Morgan fingerprint density at radius 3 is 2.71 bits per heavy atom. The van der Waals surface area contributed by atoms with Crippen molar-refractivity contribution in [1.29, 1.82) is 0 Å². The van der Waals surface area contributed by atoms with Crippen molar-refractivity contribution in [2.75, 3.05) is 11.9 Å². The van der Waals surface area contributed by atoms with Gasteiger partial charge in [-0.3, -0.25) is 19.7 Å². The molecular formula is C20H17BrN4O6. The van der Waals surface area contributed by atoms with Crippen LogP contribution in [0.25, 0.3) is 6.08 Å². The van der Waals surface area contributed by atoms with Crippen LogP contribution in [-0.4, -0.2) is 39.3 Å². The molecule has 160 valence electrons. The van der Waals surface area contributed by atoms with E-state index in [9.17, 15) is 29.6 Å². The third kappa shape index (κ3) is 4.72. The lowest BCUT2D eigenvalue weighted by Gasteiger charge is -2.13. The summed E-state index contributed by atoms with van der Waals surface area (Å²) in [5.74, 6) is -1.70. The molecule has 1 fully saturated rings. The van der Waals surface area contributed by atoms with E-state index in [0.717, 1.165) is 23.8 Å². The van der Waals surface area contributed by atoms with Gasteiger partial charge in [-0.25, -0.2) is 9.69 Å². The maximum atomic E-state index is 12.6. The Bertz CT molecular complexity index is 1130. The molecule has 0 unspecified atom stereocenters. The minimum Gasteiger partial charge on any atom is -0.506 e. The highest BCUT2D eigenvalue weighted by atomic mass is 79.9. The Hall–Kier alpha value is -3.73. The third-order valence-corrected chi connectivity index (χ3v) is 5.13. The molecular weight excluding hydrogens is 472 g/mol. The van der Waals surface area contributed by atoms with E-state index in [1.54, 1.807) is 12.1 Å². The summed E-state index contributed by atoms with van der Waals surface area (Å²) in [5, 5.41) is 26.1. The number of nitro benzene ring substituents is 1. The predicted octanol–water partition coefficient (Wildman–Crippen LogP) is 3.16. The van der Waals surface area contributed by atoms with Gasteiger partial charge in [-0.05, 0) is 40.1 Å². The lowest BCUT2D eigenvalue weighted by Crippen LogP contribution is -2.38. The molecule has 10 nitrogen and oxygen atoms in total. The van der Waals surface area contributed by atoms with E-state index in [0.29, 0.717) is 17.0 Å². The van der Waals surface area contributed by atoms with Gasteiger partial charge in [0, 0.05) is 23.4 Å². The Morgan fingerprint density at radius 1 is 1.32 bits per heavy atom. The highest BCUT2D eigenvalue weighted by molar-refractivity contribution is 9.10. The zero-order valence-corrected chi connectivity index (χ0v) is 17.8. The van der Waals surface area contributed by atoms with Crippen LogP contribution in [0.1, 0.15) is 18.1 Å². The van der Waals surface area contributed by atoms with Crippen LogP contribution in [0.3, 0.4) is 0 Å². The molecule has 1 heterocycles. The standard InChI is InChI=1S/C20H17BrN4O6/c1-2-11-5-3-4-6-15(11)22-17(26)10-24-19(28)16(23-20(24)29)8-12-7-13(25(30)31)9-14(21)18(12)27/h3-9,27H,2,10H2,1H3,(H,22,26)(H,23,29)/b16-8+. The molecule has 1 saturated heterocycles. The average molecular weight is 489 g/mol. The number of amides is 4. The van der Waals surface area contributed by atoms with E-state index in [1.165, 1.54) is 0 Å². The first kappa shape index (κ1) is 22.0. The second-order valence-corrected chi connectivity index (χ2v) is 7.42. The summed E-state index contributed by atoms with van der Waals surface area (Å²) in [6.07, 6.45) is 1.80. The second kappa shape index (κ2) is 8.96. The van der Waals surface area contributed by atoms with Gasteiger partial charge in [0.1, 0.15) is 18.0 Å². The number of benzene rings is 2. The second-order valence-electron chi connectivity index (χ2n) is 6.56. The number of non-ortho nitro benzene ring substituents is 1. The third-order valence-electron chi connectivity index (χ3n) is 4.52. The van der Waals surface area contributed by atoms with E-state index in [2.05, 4.69) is 26.6 Å². The molecule has 0 aliphatic carbocycles. The first-order valence-electron chi connectivity index (χ1n) is 9.10. The van der Waals surface area contributed by atoms with Gasteiger partial charge in [-0.15, -0.1) is 0 Å². The molecule has 0 aromatic heterocycles. The summed E-state index contributed by atoms with van der Waals surface area (Å²) < 4.78 is 0.0520. The number of phenols is 1. The largest absolute Gasteiger partial charge is 0.506 e. The fourth-order valence-corrected chi connectivity index (χ4v) is 3.44. The minimum absolute atomic E-state index is 0.0482. The van der Waals surface area contributed by atoms with E-state index >= 15 is 0 Å². The van der Waals surface area contributed by atoms with Crippen LogP contribution in [-0.2, 0) is 16.0 Å². The quantitative estimate of drug-likeness (QED) is 0.246. The first-order chi connectivity index (χ1) is 14.7. The summed E-state index contributed by atoms with van der Waals surface area (Å²) in [6.45, 7) is 1.41. The zero-order chi connectivity index (χ0) is 22.7. The SMILES string of the molecule is CCc1ccccc1NC(=O)CN1C(=O)N/C(=C/c2cc([N+](=O)[O-])cc(Br)c2O)C1=O. The van der Waals surface area contributed by atoms with Gasteiger partial charge >= 0.3 is 6.03 Å². The monoisotopic (exact) mass is 488 g/mol. The Morgan fingerprint density at radius 2 is 2.03 bits per heavy atom. The van der Waals surface area contributed by atoms with Crippen LogP contribution in [0.2, 0.25) is 0 Å². The van der Waals surface area contributed by atoms with E-state index in [1.807, 2.05) is 19.1 Å². The number of nitrogens with zero attached hydrogens (tertiary/aromatic N) is 2. The molecule has 0 atom stereocenters. The number of rotatable bonds is 6. The van der Waals surface area contributed by atoms with Crippen molar-refractivity contribution >= 4 is 51.2 Å². The van der Waals surface area contributed by atoms with Crippen LogP contribution >= 0.6 is 15.9 Å². The number of carbonyl (C=O) groups is 3. The van der Waals surface area contributed by atoms with E-state index in [4.69, 9.17) is 0 Å². The lowest BCUT2D eigenvalue weighted by molar-refractivity contribution is -0.385. The number of phenolic OH excluding ortho intramolecular Hbond substituents is 1. The number of para-hydroxylation sites is 1. The Labute approximate surface area is 184 Å². The zero-order valence-electron chi connectivity index (χ0n) is 16.2. The van der Waals surface area contributed by atoms with Crippen LogP contribution in [0.4, 0.5) is 16.2 Å². The Balaban J connectivity index is 1.80.